The zero-order valence-electron chi connectivity index (χ0n) is 11.8. The van der Waals surface area contributed by atoms with Crippen LogP contribution in [0.4, 0.5) is 5.95 Å². The Balaban J connectivity index is 1.60. The van der Waals surface area contributed by atoms with Gasteiger partial charge in [0.15, 0.2) is 0 Å². The Labute approximate surface area is 118 Å². The summed E-state index contributed by atoms with van der Waals surface area (Å²) in [7, 11) is 0. The molecule has 108 valence electrons. The molecular formula is C14H20N4O2. The normalized spacial score (nSPS) is 21.4. The summed E-state index contributed by atoms with van der Waals surface area (Å²) in [5.74, 6) is 0.997. The molecule has 1 aromatic rings. The molecule has 0 bridgehead atoms. The molecule has 0 spiro atoms. The second kappa shape index (κ2) is 5.36. The van der Waals surface area contributed by atoms with Gasteiger partial charge in [0.05, 0.1) is 18.6 Å². The quantitative estimate of drug-likeness (QED) is 0.807. The molecule has 0 N–H and O–H groups in total. The van der Waals surface area contributed by atoms with Crippen LogP contribution in [0.3, 0.4) is 0 Å². The molecule has 2 aliphatic heterocycles. The maximum atomic E-state index is 12.6. The van der Waals surface area contributed by atoms with Crippen molar-refractivity contribution in [3.63, 3.8) is 0 Å². The molecule has 0 unspecified atom stereocenters. The molecule has 20 heavy (non-hydrogen) atoms. The van der Waals surface area contributed by atoms with Crippen molar-refractivity contribution in [1.82, 2.24) is 14.9 Å². The topological polar surface area (TPSA) is 58.6 Å². The maximum absolute atomic E-state index is 12.6. The highest BCUT2D eigenvalue weighted by molar-refractivity contribution is 5.84. The fourth-order valence-corrected chi connectivity index (χ4v) is 2.73. The van der Waals surface area contributed by atoms with E-state index in [0.29, 0.717) is 13.2 Å². The van der Waals surface area contributed by atoms with Gasteiger partial charge in [-0.05, 0) is 12.5 Å². The average molecular weight is 276 g/mol. The molecule has 3 rings (SSSR count). The summed E-state index contributed by atoms with van der Waals surface area (Å²) in [5, 5.41) is 0. The molecule has 0 aliphatic carbocycles. The van der Waals surface area contributed by atoms with E-state index in [9.17, 15) is 4.79 Å². The van der Waals surface area contributed by atoms with E-state index in [4.69, 9.17) is 4.74 Å². The van der Waals surface area contributed by atoms with Gasteiger partial charge in [-0.3, -0.25) is 4.79 Å². The molecular weight excluding hydrogens is 256 g/mol. The van der Waals surface area contributed by atoms with Crippen molar-refractivity contribution < 1.29 is 9.53 Å². The van der Waals surface area contributed by atoms with Crippen LogP contribution in [0.1, 0.15) is 13.3 Å². The van der Waals surface area contributed by atoms with Crippen molar-refractivity contribution in [3.05, 3.63) is 18.5 Å². The van der Waals surface area contributed by atoms with Crippen molar-refractivity contribution in [2.75, 3.05) is 44.3 Å². The first-order valence-corrected chi connectivity index (χ1v) is 7.14. The molecule has 1 aromatic heterocycles. The van der Waals surface area contributed by atoms with Gasteiger partial charge in [-0.1, -0.05) is 6.92 Å². The van der Waals surface area contributed by atoms with E-state index in [0.717, 1.165) is 38.5 Å². The predicted molar refractivity (Wildman–Crippen MR) is 74.4 cm³/mol. The van der Waals surface area contributed by atoms with Crippen LogP contribution >= 0.6 is 0 Å². The number of rotatable bonds is 3. The number of nitrogens with zero attached hydrogens (tertiary/aromatic N) is 4. The molecule has 2 fully saturated rings. The van der Waals surface area contributed by atoms with E-state index >= 15 is 0 Å². The summed E-state index contributed by atoms with van der Waals surface area (Å²) in [6.07, 6.45) is 4.35. The van der Waals surface area contributed by atoms with E-state index in [2.05, 4.69) is 21.8 Å². The molecule has 6 nitrogen and oxygen atoms in total. The number of carbonyl (C=O) groups is 1. The number of ether oxygens (including phenoxy) is 1. The highest BCUT2D eigenvalue weighted by atomic mass is 16.5. The third kappa shape index (κ3) is 2.24. The molecule has 0 aromatic carbocycles. The highest BCUT2D eigenvalue weighted by Crippen LogP contribution is 2.33. The maximum Gasteiger partial charge on any atom is 0.233 e. The van der Waals surface area contributed by atoms with Crippen LogP contribution < -0.4 is 4.90 Å². The summed E-state index contributed by atoms with van der Waals surface area (Å²) < 4.78 is 5.25. The zero-order chi connectivity index (χ0) is 14.0. The number of amides is 1. The standard InChI is InChI=1S/C14H20N4O2/c1-2-14(10-20-11-14)12(19)17-6-8-18(9-7-17)13-15-4-3-5-16-13/h3-5H,2,6-11H2,1H3. The Morgan fingerprint density at radius 1 is 1.25 bits per heavy atom. The summed E-state index contributed by atoms with van der Waals surface area (Å²) in [6, 6.07) is 1.81. The number of hydrogen-bond acceptors (Lipinski definition) is 5. The molecule has 0 atom stereocenters. The Hall–Kier alpha value is -1.69. The van der Waals surface area contributed by atoms with E-state index in [1.165, 1.54) is 0 Å². The van der Waals surface area contributed by atoms with Gasteiger partial charge in [0.25, 0.3) is 0 Å². The van der Waals surface area contributed by atoms with Gasteiger partial charge in [0, 0.05) is 38.6 Å². The fraction of sp³-hybridized carbons (Fsp3) is 0.643. The third-order valence-electron chi connectivity index (χ3n) is 4.29. The number of anilines is 1. The summed E-state index contributed by atoms with van der Waals surface area (Å²) in [6.45, 7) is 6.26. The summed E-state index contributed by atoms with van der Waals surface area (Å²) in [4.78, 5) is 25.2. The van der Waals surface area contributed by atoms with Crippen LogP contribution in [0.5, 0.6) is 0 Å². The minimum atomic E-state index is -0.259. The Bertz CT molecular complexity index is 462. The average Bonchev–Trinajstić information content (AvgIpc) is 2.48. The number of hydrogen-bond donors (Lipinski definition) is 0. The molecule has 0 radical (unpaired) electrons. The van der Waals surface area contributed by atoms with Crippen LogP contribution in [-0.4, -0.2) is 60.2 Å². The first kappa shape index (κ1) is 13.3. The van der Waals surface area contributed by atoms with Gasteiger partial charge in [-0.2, -0.15) is 0 Å². The van der Waals surface area contributed by atoms with Gasteiger partial charge < -0.3 is 14.5 Å². The van der Waals surface area contributed by atoms with Crippen LogP contribution in [-0.2, 0) is 9.53 Å². The Morgan fingerprint density at radius 3 is 2.40 bits per heavy atom. The minimum Gasteiger partial charge on any atom is -0.379 e. The highest BCUT2D eigenvalue weighted by Gasteiger charge is 2.46. The van der Waals surface area contributed by atoms with Gasteiger partial charge in [-0.15, -0.1) is 0 Å². The molecule has 3 heterocycles. The smallest absolute Gasteiger partial charge is 0.233 e. The lowest BCUT2D eigenvalue weighted by atomic mass is 9.81. The van der Waals surface area contributed by atoms with Crippen LogP contribution in [0.25, 0.3) is 0 Å². The lowest BCUT2D eigenvalue weighted by molar-refractivity contribution is -0.173. The Kier molecular flexibility index (Phi) is 3.56. The summed E-state index contributed by atoms with van der Waals surface area (Å²) >= 11 is 0. The Morgan fingerprint density at radius 2 is 1.90 bits per heavy atom. The molecule has 6 heteroatoms. The van der Waals surface area contributed by atoms with E-state index < -0.39 is 0 Å². The van der Waals surface area contributed by atoms with Crippen molar-refractivity contribution in [2.24, 2.45) is 5.41 Å². The fourth-order valence-electron chi connectivity index (χ4n) is 2.73. The van der Waals surface area contributed by atoms with E-state index in [1.807, 2.05) is 11.0 Å². The van der Waals surface area contributed by atoms with Crippen molar-refractivity contribution in [2.45, 2.75) is 13.3 Å². The lowest BCUT2D eigenvalue weighted by Crippen LogP contribution is -2.59. The zero-order valence-corrected chi connectivity index (χ0v) is 11.8. The van der Waals surface area contributed by atoms with Gasteiger partial charge in [0.2, 0.25) is 11.9 Å². The lowest BCUT2D eigenvalue weighted by Gasteiger charge is -2.44. The molecule has 2 saturated heterocycles. The predicted octanol–water partition coefficient (Wildman–Crippen LogP) is 0.552. The minimum absolute atomic E-state index is 0.250. The van der Waals surface area contributed by atoms with Crippen molar-refractivity contribution >= 4 is 11.9 Å². The van der Waals surface area contributed by atoms with Crippen molar-refractivity contribution in [3.8, 4) is 0 Å². The SMILES string of the molecule is CCC1(C(=O)N2CCN(c3ncccn3)CC2)COC1. The monoisotopic (exact) mass is 276 g/mol. The van der Waals surface area contributed by atoms with E-state index in [1.54, 1.807) is 12.4 Å². The van der Waals surface area contributed by atoms with Crippen LogP contribution in [0.2, 0.25) is 0 Å². The van der Waals surface area contributed by atoms with Crippen LogP contribution in [0, 0.1) is 5.41 Å². The first-order chi connectivity index (χ1) is 9.75. The third-order valence-corrected chi connectivity index (χ3v) is 4.29. The molecule has 1 amide bonds. The van der Waals surface area contributed by atoms with Gasteiger partial charge in [-0.25, -0.2) is 9.97 Å². The molecule has 0 saturated carbocycles. The van der Waals surface area contributed by atoms with Gasteiger partial charge in [0.1, 0.15) is 0 Å². The summed E-state index contributed by atoms with van der Waals surface area (Å²) in [5.41, 5.74) is -0.259. The number of aromatic nitrogens is 2. The number of carbonyl (C=O) groups excluding carboxylic acids is 1. The number of piperazine rings is 1. The van der Waals surface area contributed by atoms with E-state index in [-0.39, 0.29) is 11.3 Å². The second-order valence-electron chi connectivity index (χ2n) is 5.45. The van der Waals surface area contributed by atoms with Gasteiger partial charge >= 0.3 is 0 Å². The van der Waals surface area contributed by atoms with Crippen molar-refractivity contribution in [1.29, 1.82) is 0 Å². The largest absolute Gasteiger partial charge is 0.379 e. The first-order valence-electron chi connectivity index (χ1n) is 7.14. The second-order valence-corrected chi connectivity index (χ2v) is 5.45. The van der Waals surface area contributed by atoms with Crippen LogP contribution in [0.15, 0.2) is 18.5 Å². The molecule has 2 aliphatic rings.